The van der Waals surface area contributed by atoms with Crippen molar-refractivity contribution in [1.29, 1.82) is 0 Å². The number of benzene rings is 2. The van der Waals surface area contributed by atoms with Gasteiger partial charge in [-0.05, 0) is 54.8 Å². The van der Waals surface area contributed by atoms with Crippen LogP contribution < -0.4 is 5.32 Å². The molecule has 1 unspecified atom stereocenters. The number of hydrogen-bond donors (Lipinski definition) is 2. The van der Waals surface area contributed by atoms with E-state index >= 15 is 0 Å². The number of hydrogen-bond acceptors (Lipinski definition) is 2. The van der Waals surface area contributed by atoms with E-state index in [1.54, 1.807) is 0 Å². The lowest BCUT2D eigenvalue weighted by Gasteiger charge is -2.13. The number of rotatable bonds is 5. The van der Waals surface area contributed by atoms with Crippen LogP contribution in [0.2, 0.25) is 0 Å². The van der Waals surface area contributed by atoms with Crippen molar-refractivity contribution in [2.45, 2.75) is 25.8 Å². The van der Waals surface area contributed by atoms with Crippen LogP contribution in [0.4, 0.5) is 0 Å². The van der Waals surface area contributed by atoms with Gasteiger partial charge in [0.2, 0.25) is 0 Å². The molecule has 0 saturated carbocycles. The monoisotopic (exact) mass is 335 g/mol. The molecule has 0 radical (unpaired) electrons. The fourth-order valence-electron chi connectivity index (χ4n) is 2.13. The fourth-order valence-corrected chi connectivity index (χ4v) is 2.51. The third kappa shape index (κ3) is 3.81. The van der Waals surface area contributed by atoms with E-state index < -0.39 is 0 Å². The summed E-state index contributed by atoms with van der Waals surface area (Å²) in [4.78, 5) is 12.1. The van der Waals surface area contributed by atoms with Crippen molar-refractivity contribution in [3.63, 3.8) is 0 Å². The van der Waals surface area contributed by atoms with Crippen LogP contribution in [0, 0.1) is 0 Å². The summed E-state index contributed by atoms with van der Waals surface area (Å²) in [7, 11) is 0. The molecule has 0 fully saturated rings. The number of aliphatic hydroxyl groups excluding tert-OH is 1. The summed E-state index contributed by atoms with van der Waals surface area (Å²) < 4.78 is 1.03. The summed E-state index contributed by atoms with van der Waals surface area (Å²) in [6, 6.07) is 11.7. The summed E-state index contributed by atoms with van der Waals surface area (Å²) in [5.41, 5.74) is 0.663. The standard InChI is InChI=1S/C16H18BrNO2/c1-11(3-2-8-19)18-16(20)14-5-4-13-10-15(17)7-6-12(13)9-14/h4-7,9-11,19H,2-3,8H2,1H3,(H,18,20). The quantitative estimate of drug-likeness (QED) is 0.878. The Bertz CT molecular complexity index is 612. The van der Waals surface area contributed by atoms with E-state index in [2.05, 4.69) is 21.2 Å². The lowest BCUT2D eigenvalue weighted by Crippen LogP contribution is -2.32. The van der Waals surface area contributed by atoms with Crippen LogP contribution in [0.1, 0.15) is 30.1 Å². The number of nitrogens with one attached hydrogen (secondary N) is 1. The van der Waals surface area contributed by atoms with Gasteiger partial charge in [-0.2, -0.15) is 0 Å². The molecule has 1 amide bonds. The van der Waals surface area contributed by atoms with Crippen molar-refractivity contribution in [3.8, 4) is 0 Å². The molecule has 0 aliphatic heterocycles. The molecule has 2 rings (SSSR count). The fraction of sp³-hybridized carbons (Fsp3) is 0.312. The molecule has 4 heteroatoms. The molecular formula is C16H18BrNO2. The second-order valence-electron chi connectivity index (χ2n) is 4.95. The molecule has 1 atom stereocenters. The zero-order chi connectivity index (χ0) is 14.5. The highest BCUT2D eigenvalue weighted by Gasteiger charge is 2.10. The highest BCUT2D eigenvalue weighted by molar-refractivity contribution is 9.10. The molecule has 3 nitrogen and oxygen atoms in total. The topological polar surface area (TPSA) is 49.3 Å². The van der Waals surface area contributed by atoms with Crippen molar-refractivity contribution in [1.82, 2.24) is 5.32 Å². The van der Waals surface area contributed by atoms with Gasteiger partial charge in [-0.1, -0.05) is 28.1 Å². The predicted molar refractivity (Wildman–Crippen MR) is 84.9 cm³/mol. The average molecular weight is 336 g/mol. The normalized spacial score (nSPS) is 12.3. The molecule has 2 aromatic carbocycles. The van der Waals surface area contributed by atoms with Gasteiger partial charge in [0.25, 0.3) is 5.91 Å². The molecular weight excluding hydrogens is 318 g/mol. The zero-order valence-corrected chi connectivity index (χ0v) is 13.0. The van der Waals surface area contributed by atoms with Crippen LogP contribution >= 0.6 is 15.9 Å². The Morgan fingerprint density at radius 2 is 1.95 bits per heavy atom. The Morgan fingerprint density at radius 3 is 2.70 bits per heavy atom. The first kappa shape index (κ1) is 15.0. The molecule has 0 aliphatic rings. The van der Waals surface area contributed by atoms with Gasteiger partial charge in [0.05, 0.1) is 0 Å². The van der Waals surface area contributed by atoms with Gasteiger partial charge in [0.1, 0.15) is 0 Å². The first-order valence-corrected chi connectivity index (χ1v) is 7.50. The molecule has 0 heterocycles. The number of halogens is 1. The zero-order valence-electron chi connectivity index (χ0n) is 11.4. The molecule has 106 valence electrons. The molecule has 0 aromatic heterocycles. The molecule has 2 aromatic rings. The second kappa shape index (κ2) is 6.86. The maximum Gasteiger partial charge on any atom is 0.251 e. The molecule has 20 heavy (non-hydrogen) atoms. The van der Waals surface area contributed by atoms with Gasteiger partial charge in [-0.25, -0.2) is 0 Å². The first-order chi connectivity index (χ1) is 9.60. The van der Waals surface area contributed by atoms with Crippen molar-refractivity contribution < 1.29 is 9.90 Å². The molecule has 0 spiro atoms. The maximum atomic E-state index is 12.1. The highest BCUT2D eigenvalue weighted by Crippen LogP contribution is 2.21. The average Bonchev–Trinajstić information content (AvgIpc) is 2.44. The molecule has 2 N–H and O–H groups in total. The van der Waals surface area contributed by atoms with E-state index in [1.807, 2.05) is 43.3 Å². The van der Waals surface area contributed by atoms with Gasteiger partial charge in [-0.15, -0.1) is 0 Å². The number of carbonyl (C=O) groups is 1. The number of amides is 1. The van der Waals surface area contributed by atoms with E-state index in [4.69, 9.17) is 5.11 Å². The van der Waals surface area contributed by atoms with Crippen molar-refractivity contribution in [2.75, 3.05) is 6.61 Å². The minimum absolute atomic E-state index is 0.0651. The summed E-state index contributed by atoms with van der Waals surface area (Å²) >= 11 is 3.44. The maximum absolute atomic E-state index is 12.1. The number of carbonyl (C=O) groups excluding carboxylic acids is 1. The van der Waals surface area contributed by atoms with Crippen LogP contribution in [0.15, 0.2) is 40.9 Å². The first-order valence-electron chi connectivity index (χ1n) is 6.71. The molecule has 0 bridgehead atoms. The molecule has 0 aliphatic carbocycles. The minimum atomic E-state index is -0.0692. The summed E-state index contributed by atoms with van der Waals surface area (Å²) in [6.45, 7) is 2.11. The van der Waals surface area contributed by atoms with Crippen LogP contribution in [0.25, 0.3) is 10.8 Å². The van der Waals surface area contributed by atoms with Crippen LogP contribution in [-0.4, -0.2) is 23.7 Å². The largest absolute Gasteiger partial charge is 0.396 e. The van der Waals surface area contributed by atoms with E-state index in [0.717, 1.165) is 21.7 Å². The van der Waals surface area contributed by atoms with Crippen LogP contribution in [0.3, 0.4) is 0 Å². The third-order valence-corrected chi connectivity index (χ3v) is 3.73. The van der Waals surface area contributed by atoms with Crippen molar-refractivity contribution in [2.24, 2.45) is 0 Å². The van der Waals surface area contributed by atoms with Crippen molar-refractivity contribution in [3.05, 3.63) is 46.4 Å². The van der Waals surface area contributed by atoms with Gasteiger partial charge in [-0.3, -0.25) is 4.79 Å². The predicted octanol–water partition coefficient (Wildman–Crippen LogP) is 3.49. The Kier molecular flexibility index (Phi) is 5.15. The van der Waals surface area contributed by atoms with Gasteiger partial charge >= 0.3 is 0 Å². The lowest BCUT2D eigenvalue weighted by atomic mass is 10.1. The lowest BCUT2D eigenvalue weighted by molar-refractivity contribution is 0.0936. The minimum Gasteiger partial charge on any atom is -0.396 e. The van der Waals surface area contributed by atoms with E-state index in [1.165, 1.54) is 0 Å². The van der Waals surface area contributed by atoms with Crippen molar-refractivity contribution >= 4 is 32.6 Å². The smallest absolute Gasteiger partial charge is 0.251 e. The van der Waals surface area contributed by atoms with E-state index in [-0.39, 0.29) is 18.6 Å². The highest BCUT2D eigenvalue weighted by atomic mass is 79.9. The SMILES string of the molecule is CC(CCCO)NC(=O)c1ccc2cc(Br)ccc2c1. The number of aliphatic hydroxyl groups is 1. The Balaban J connectivity index is 2.12. The van der Waals surface area contributed by atoms with Gasteiger partial charge in [0, 0.05) is 22.7 Å². The summed E-state index contributed by atoms with van der Waals surface area (Å²) in [5.74, 6) is -0.0692. The van der Waals surface area contributed by atoms with Crippen LogP contribution in [0.5, 0.6) is 0 Å². The van der Waals surface area contributed by atoms with E-state index in [9.17, 15) is 4.79 Å². The number of fused-ring (bicyclic) bond motifs is 1. The summed E-state index contributed by atoms with van der Waals surface area (Å²) in [5, 5.41) is 13.9. The van der Waals surface area contributed by atoms with Gasteiger partial charge in [0.15, 0.2) is 0 Å². The summed E-state index contributed by atoms with van der Waals surface area (Å²) in [6.07, 6.45) is 1.48. The Labute approximate surface area is 127 Å². The molecule has 0 saturated heterocycles. The van der Waals surface area contributed by atoms with Gasteiger partial charge < -0.3 is 10.4 Å². The Hall–Kier alpha value is -1.39. The second-order valence-corrected chi connectivity index (χ2v) is 5.86. The Morgan fingerprint density at radius 1 is 1.25 bits per heavy atom. The van der Waals surface area contributed by atoms with Crippen LogP contribution in [-0.2, 0) is 0 Å². The third-order valence-electron chi connectivity index (χ3n) is 3.24. The van der Waals surface area contributed by atoms with E-state index in [0.29, 0.717) is 12.0 Å².